The Balaban J connectivity index is 2.32. The topological polar surface area (TPSA) is 46.9 Å². The molecule has 2 aromatic rings. The third kappa shape index (κ3) is 2.63. The van der Waals surface area contributed by atoms with Crippen LogP contribution in [0.5, 0.6) is 0 Å². The van der Waals surface area contributed by atoms with Gasteiger partial charge in [0.2, 0.25) is 0 Å². The number of benzene rings is 1. The predicted octanol–water partition coefficient (Wildman–Crippen LogP) is 2.89. The van der Waals surface area contributed by atoms with E-state index in [1.807, 2.05) is 32.9 Å². The van der Waals surface area contributed by atoms with Crippen LogP contribution in [0.3, 0.4) is 0 Å². The van der Waals surface area contributed by atoms with E-state index in [2.05, 4.69) is 10.4 Å². The van der Waals surface area contributed by atoms with Crippen molar-refractivity contribution in [2.75, 3.05) is 6.54 Å². The Morgan fingerprint density at radius 1 is 1.32 bits per heavy atom. The molecule has 0 aliphatic rings. The smallest absolute Gasteiger partial charge is 0.251 e. The molecule has 0 aliphatic carbocycles. The summed E-state index contributed by atoms with van der Waals surface area (Å²) in [4.78, 5) is 11.7. The molecule has 100 valence electrons. The first-order valence-electron chi connectivity index (χ1n) is 6.15. The Morgan fingerprint density at radius 3 is 2.42 bits per heavy atom. The molecule has 0 aliphatic heterocycles. The van der Waals surface area contributed by atoms with Gasteiger partial charge in [0.1, 0.15) is 0 Å². The molecule has 0 fully saturated rings. The highest BCUT2D eigenvalue weighted by Gasteiger charge is 2.11. The lowest BCUT2D eigenvalue weighted by atomic mass is 10.2. The lowest BCUT2D eigenvalue weighted by molar-refractivity contribution is 0.0956. The number of nitrogens with one attached hydrogen (secondary N) is 1. The van der Waals surface area contributed by atoms with Gasteiger partial charge in [0.05, 0.1) is 22.1 Å². The Bertz CT molecular complexity index is 602. The number of carbonyl (C=O) groups excluding carboxylic acids is 1. The Labute approximate surface area is 117 Å². The fraction of sp³-hybridized carbons (Fsp3) is 0.286. The van der Waals surface area contributed by atoms with Crippen LogP contribution in [0.4, 0.5) is 0 Å². The lowest BCUT2D eigenvalue weighted by Crippen LogP contribution is -2.22. The zero-order valence-electron chi connectivity index (χ0n) is 11.2. The van der Waals surface area contributed by atoms with Crippen molar-refractivity contribution >= 4 is 17.5 Å². The number of hydrogen-bond donors (Lipinski definition) is 1. The molecule has 4 nitrogen and oxygen atoms in total. The van der Waals surface area contributed by atoms with Crippen LogP contribution in [0.1, 0.15) is 28.7 Å². The number of aryl methyl sites for hydroxylation is 1. The minimum Gasteiger partial charge on any atom is -0.352 e. The monoisotopic (exact) mass is 277 g/mol. The third-order valence-corrected chi connectivity index (χ3v) is 3.46. The quantitative estimate of drug-likeness (QED) is 0.938. The van der Waals surface area contributed by atoms with Gasteiger partial charge in [-0.05, 0) is 45.0 Å². The van der Waals surface area contributed by atoms with E-state index >= 15 is 0 Å². The van der Waals surface area contributed by atoms with Crippen molar-refractivity contribution in [3.05, 3.63) is 46.2 Å². The van der Waals surface area contributed by atoms with E-state index in [0.29, 0.717) is 17.1 Å². The van der Waals surface area contributed by atoms with E-state index in [1.54, 1.807) is 16.8 Å². The summed E-state index contributed by atoms with van der Waals surface area (Å²) in [6.07, 6.45) is 0. The molecule has 1 aromatic carbocycles. The van der Waals surface area contributed by atoms with Crippen molar-refractivity contribution in [1.29, 1.82) is 0 Å². The molecule has 0 atom stereocenters. The number of aromatic nitrogens is 2. The Morgan fingerprint density at radius 2 is 1.95 bits per heavy atom. The highest BCUT2D eigenvalue weighted by molar-refractivity contribution is 6.31. The number of rotatable bonds is 3. The maximum Gasteiger partial charge on any atom is 0.251 e. The minimum absolute atomic E-state index is 0.0690. The van der Waals surface area contributed by atoms with Gasteiger partial charge in [0.15, 0.2) is 0 Å². The zero-order chi connectivity index (χ0) is 14.0. The van der Waals surface area contributed by atoms with Crippen LogP contribution in [0.15, 0.2) is 24.3 Å². The molecule has 0 bridgehead atoms. The van der Waals surface area contributed by atoms with Crippen LogP contribution < -0.4 is 5.32 Å². The average molecular weight is 278 g/mol. The molecule has 1 N–H and O–H groups in total. The summed E-state index contributed by atoms with van der Waals surface area (Å²) in [5.74, 6) is -0.0690. The number of amides is 1. The first kappa shape index (κ1) is 13.6. The van der Waals surface area contributed by atoms with Crippen molar-refractivity contribution in [2.24, 2.45) is 0 Å². The van der Waals surface area contributed by atoms with Crippen molar-refractivity contribution in [3.8, 4) is 5.69 Å². The summed E-state index contributed by atoms with van der Waals surface area (Å²) in [7, 11) is 0. The van der Waals surface area contributed by atoms with Gasteiger partial charge < -0.3 is 5.32 Å². The second-order valence-electron chi connectivity index (χ2n) is 4.30. The maximum atomic E-state index is 11.7. The van der Waals surface area contributed by atoms with Gasteiger partial charge in [-0.2, -0.15) is 5.10 Å². The van der Waals surface area contributed by atoms with E-state index in [-0.39, 0.29) is 5.91 Å². The molecule has 0 unspecified atom stereocenters. The maximum absolute atomic E-state index is 11.7. The van der Waals surface area contributed by atoms with E-state index in [0.717, 1.165) is 17.1 Å². The largest absolute Gasteiger partial charge is 0.352 e. The van der Waals surface area contributed by atoms with Gasteiger partial charge in [0, 0.05) is 12.1 Å². The molecule has 19 heavy (non-hydrogen) atoms. The van der Waals surface area contributed by atoms with Gasteiger partial charge in [-0.3, -0.25) is 4.79 Å². The lowest BCUT2D eigenvalue weighted by Gasteiger charge is -2.06. The molecular weight excluding hydrogens is 262 g/mol. The van der Waals surface area contributed by atoms with E-state index in [1.165, 1.54) is 0 Å². The fourth-order valence-corrected chi connectivity index (χ4v) is 2.01. The molecule has 0 spiro atoms. The van der Waals surface area contributed by atoms with Gasteiger partial charge in [-0.1, -0.05) is 11.6 Å². The summed E-state index contributed by atoms with van der Waals surface area (Å²) in [5.41, 5.74) is 3.22. The number of hydrogen-bond acceptors (Lipinski definition) is 2. The number of nitrogens with zero attached hydrogens (tertiary/aromatic N) is 2. The van der Waals surface area contributed by atoms with Crippen molar-refractivity contribution in [2.45, 2.75) is 20.8 Å². The van der Waals surface area contributed by atoms with Crippen LogP contribution in [0.25, 0.3) is 5.69 Å². The highest BCUT2D eigenvalue weighted by Crippen LogP contribution is 2.22. The van der Waals surface area contributed by atoms with Crippen LogP contribution in [0.2, 0.25) is 5.02 Å². The van der Waals surface area contributed by atoms with Crippen LogP contribution in [0, 0.1) is 13.8 Å². The normalized spacial score (nSPS) is 10.5. The van der Waals surface area contributed by atoms with Gasteiger partial charge in [0.25, 0.3) is 5.91 Å². The molecule has 5 heteroatoms. The Hall–Kier alpha value is -1.81. The molecular formula is C14H16ClN3O. The van der Waals surface area contributed by atoms with Crippen LogP contribution in [-0.4, -0.2) is 22.2 Å². The van der Waals surface area contributed by atoms with Gasteiger partial charge in [-0.15, -0.1) is 0 Å². The van der Waals surface area contributed by atoms with Crippen molar-refractivity contribution in [3.63, 3.8) is 0 Å². The summed E-state index contributed by atoms with van der Waals surface area (Å²) in [6.45, 7) is 6.30. The standard InChI is InChI=1S/C14H16ClN3O/c1-4-16-14(19)11-5-7-12(8-6-11)18-10(3)13(15)9(2)17-18/h5-8H,4H2,1-3H3,(H,16,19). The third-order valence-electron chi connectivity index (χ3n) is 2.91. The van der Waals surface area contributed by atoms with E-state index in [9.17, 15) is 4.79 Å². The zero-order valence-corrected chi connectivity index (χ0v) is 12.0. The van der Waals surface area contributed by atoms with Crippen LogP contribution in [-0.2, 0) is 0 Å². The molecule has 1 aromatic heterocycles. The summed E-state index contributed by atoms with van der Waals surface area (Å²) in [5, 5.41) is 7.81. The SMILES string of the molecule is CCNC(=O)c1ccc(-n2nc(C)c(Cl)c2C)cc1. The molecule has 0 saturated carbocycles. The van der Waals surface area contributed by atoms with Crippen molar-refractivity contribution < 1.29 is 4.79 Å². The summed E-state index contributed by atoms with van der Waals surface area (Å²) in [6, 6.07) is 7.29. The first-order chi connectivity index (χ1) is 9.04. The van der Waals surface area contributed by atoms with E-state index < -0.39 is 0 Å². The molecule has 0 saturated heterocycles. The number of carbonyl (C=O) groups is 1. The molecule has 1 heterocycles. The average Bonchev–Trinajstić information content (AvgIpc) is 2.67. The second kappa shape index (κ2) is 5.45. The molecule has 0 radical (unpaired) electrons. The molecule has 2 rings (SSSR count). The molecule has 1 amide bonds. The van der Waals surface area contributed by atoms with Gasteiger partial charge in [-0.25, -0.2) is 4.68 Å². The number of halogens is 1. The van der Waals surface area contributed by atoms with Gasteiger partial charge >= 0.3 is 0 Å². The first-order valence-corrected chi connectivity index (χ1v) is 6.52. The summed E-state index contributed by atoms with van der Waals surface area (Å²) < 4.78 is 1.78. The fourth-order valence-electron chi connectivity index (χ4n) is 1.89. The van der Waals surface area contributed by atoms with Crippen molar-refractivity contribution in [1.82, 2.24) is 15.1 Å². The van der Waals surface area contributed by atoms with E-state index in [4.69, 9.17) is 11.6 Å². The second-order valence-corrected chi connectivity index (χ2v) is 4.68. The predicted molar refractivity (Wildman–Crippen MR) is 76.1 cm³/mol. The minimum atomic E-state index is -0.0690. The Kier molecular flexibility index (Phi) is 3.90. The summed E-state index contributed by atoms with van der Waals surface area (Å²) >= 11 is 6.12. The van der Waals surface area contributed by atoms with Crippen LogP contribution >= 0.6 is 11.6 Å². The highest BCUT2D eigenvalue weighted by atomic mass is 35.5.